The van der Waals surface area contributed by atoms with E-state index in [1.54, 1.807) is 0 Å². The zero-order valence-electron chi connectivity index (χ0n) is 16.3. The number of nitrogens with one attached hydrogen (secondary N) is 1. The summed E-state index contributed by atoms with van der Waals surface area (Å²) >= 11 is 0. The van der Waals surface area contributed by atoms with E-state index in [2.05, 4.69) is 64.7 Å². The van der Waals surface area contributed by atoms with Gasteiger partial charge in [0.15, 0.2) is 0 Å². The predicted molar refractivity (Wildman–Crippen MR) is 106 cm³/mol. The fourth-order valence-corrected chi connectivity index (χ4v) is 4.94. The Morgan fingerprint density at radius 2 is 2.04 bits per heavy atom. The summed E-state index contributed by atoms with van der Waals surface area (Å²) in [4.78, 5) is 0. The van der Waals surface area contributed by atoms with Gasteiger partial charge in [-0.15, -0.1) is 0 Å². The van der Waals surface area contributed by atoms with E-state index >= 15 is 0 Å². The number of allylic oxidation sites excluding steroid dienone is 1. The van der Waals surface area contributed by atoms with Crippen LogP contribution in [0.3, 0.4) is 0 Å². The van der Waals surface area contributed by atoms with Crippen LogP contribution >= 0.6 is 0 Å². The molecule has 1 aromatic carbocycles. The second-order valence-corrected chi connectivity index (χ2v) is 8.99. The molecule has 3 rings (SSSR count). The minimum Gasteiger partial charge on any atom is -0.381 e. The highest BCUT2D eigenvalue weighted by Crippen LogP contribution is 2.51. The highest BCUT2D eigenvalue weighted by Gasteiger charge is 2.43. The summed E-state index contributed by atoms with van der Waals surface area (Å²) in [5, 5.41) is 3.90. The molecule has 2 aliphatic rings. The molecule has 132 valence electrons. The second kappa shape index (κ2) is 6.58. The molecule has 1 N–H and O–H groups in total. The van der Waals surface area contributed by atoms with Crippen molar-refractivity contribution in [1.29, 1.82) is 0 Å². The third-order valence-electron chi connectivity index (χ3n) is 6.67. The minimum atomic E-state index is 0.264. The van der Waals surface area contributed by atoms with Crippen LogP contribution in [0.2, 0.25) is 0 Å². The van der Waals surface area contributed by atoms with Crippen molar-refractivity contribution >= 4 is 5.69 Å². The van der Waals surface area contributed by atoms with Crippen LogP contribution in [0.15, 0.2) is 30.4 Å². The number of hydrogen-bond donors (Lipinski definition) is 1. The highest BCUT2D eigenvalue weighted by molar-refractivity contribution is 5.62. The number of benzene rings is 1. The van der Waals surface area contributed by atoms with E-state index in [4.69, 9.17) is 0 Å². The fourth-order valence-electron chi connectivity index (χ4n) is 4.94. The Bertz CT molecular complexity index is 612. The molecule has 0 amide bonds. The summed E-state index contributed by atoms with van der Waals surface area (Å²) in [5.74, 6) is 2.00. The van der Waals surface area contributed by atoms with E-state index < -0.39 is 0 Å². The minimum absolute atomic E-state index is 0.264. The topological polar surface area (TPSA) is 12.0 Å². The van der Waals surface area contributed by atoms with E-state index in [9.17, 15) is 0 Å². The number of anilines is 1. The fraction of sp³-hybridized carbons (Fsp3) is 0.652. The van der Waals surface area contributed by atoms with E-state index in [1.165, 1.54) is 54.5 Å². The SMILES string of the molecule is C=C(C)C1CCC(C)C2Nc3cc(C(C)(C)CCCC)ccc3C12. The van der Waals surface area contributed by atoms with Gasteiger partial charge in [0, 0.05) is 17.6 Å². The molecule has 0 bridgehead atoms. The van der Waals surface area contributed by atoms with Crippen LogP contribution in [-0.4, -0.2) is 6.04 Å². The lowest BCUT2D eigenvalue weighted by Crippen LogP contribution is -2.37. The van der Waals surface area contributed by atoms with Gasteiger partial charge in [0.1, 0.15) is 0 Å². The average Bonchev–Trinajstić information content (AvgIpc) is 2.92. The van der Waals surface area contributed by atoms with Crippen LogP contribution in [0.1, 0.15) is 83.8 Å². The quantitative estimate of drug-likeness (QED) is 0.597. The third kappa shape index (κ3) is 3.03. The molecule has 0 spiro atoms. The first-order valence-corrected chi connectivity index (χ1v) is 9.91. The van der Waals surface area contributed by atoms with Crippen molar-refractivity contribution in [3.8, 4) is 0 Å². The molecule has 0 aromatic heterocycles. The van der Waals surface area contributed by atoms with Gasteiger partial charge in [-0.3, -0.25) is 0 Å². The lowest BCUT2D eigenvalue weighted by molar-refractivity contribution is 0.262. The van der Waals surface area contributed by atoms with Crippen molar-refractivity contribution in [1.82, 2.24) is 0 Å². The van der Waals surface area contributed by atoms with E-state index in [0.29, 0.717) is 17.9 Å². The molecule has 24 heavy (non-hydrogen) atoms. The van der Waals surface area contributed by atoms with E-state index in [-0.39, 0.29) is 5.41 Å². The first kappa shape index (κ1) is 17.6. The van der Waals surface area contributed by atoms with Crippen LogP contribution in [0.25, 0.3) is 0 Å². The molecule has 1 aromatic rings. The summed E-state index contributed by atoms with van der Waals surface area (Å²) in [7, 11) is 0. The van der Waals surface area contributed by atoms with Gasteiger partial charge in [-0.2, -0.15) is 0 Å². The summed E-state index contributed by atoms with van der Waals surface area (Å²) in [6.07, 6.45) is 6.45. The number of rotatable bonds is 5. The largest absolute Gasteiger partial charge is 0.381 e. The second-order valence-electron chi connectivity index (χ2n) is 8.99. The van der Waals surface area contributed by atoms with Crippen LogP contribution in [-0.2, 0) is 5.41 Å². The maximum Gasteiger partial charge on any atom is 0.0382 e. The molecule has 1 heterocycles. The maximum absolute atomic E-state index is 4.30. The summed E-state index contributed by atoms with van der Waals surface area (Å²) < 4.78 is 0. The molecule has 4 atom stereocenters. The van der Waals surface area contributed by atoms with Crippen molar-refractivity contribution in [2.45, 2.75) is 84.1 Å². The summed E-state index contributed by atoms with van der Waals surface area (Å²) in [6.45, 7) is 16.0. The van der Waals surface area contributed by atoms with E-state index in [1.807, 2.05) is 0 Å². The molecular formula is C23H35N. The lowest BCUT2D eigenvalue weighted by Gasteiger charge is -2.38. The Labute approximate surface area is 148 Å². The van der Waals surface area contributed by atoms with Gasteiger partial charge in [0.2, 0.25) is 0 Å². The van der Waals surface area contributed by atoms with E-state index in [0.717, 1.165) is 5.92 Å². The van der Waals surface area contributed by atoms with Gasteiger partial charge >= 0.3 is 0 Å². The normalized spacial score (nSPS) is 28.9. The number of unbranched alkanes of at least 4 members (excludes halogenated alkanes) is 1. The Kier molecular flexibility index (Phi) is 4.82. The molecule has 1 aliphatic heterocycles. The third-order valence-corrected chi connectivity index (χ3v) is 6.67. The average molecular weight is 326 g/mol. The van der Waals surface area contributed by atoms with Crippen LogP contribution in [0.4, 0.5) is 5.69 Å². The monoisotopic (exact) mass is 325 g/mol. The first-order valence-electron chi connectivity index (χ1n) is 9.91. The lowest BCUT2D eigenvalue weighted by atomic mass is 9.68. The summed E-state index contributed by atoms with van der Waals surface area (Å²) in [6, 6.07) is 7.85. The van der Waals surface area contributed by atoms with Gasteiger partial charge in [-0.05, 0) is 60.6 Å². The molecular weight excluding hydrogens is 290 g/mol. The van der Waals surface area contributed by atoms with Crippen LogP contribution in [0, 0.1) is 11.8 Å². The van der Waals surface area contributed by atoms with Crippen molar-refractivity contribution in [2.75, 3.05) is 5.32 Å². The van der Waals surface area contributed by atoms with Crippen molar-refractivity contribution < 1.29 is 0 Å². The molecule has 0 saturated heterocycles. The highest BCUT2D eigenvalue weighted by atomic mass is 15.0. The Morgan fingerprint density at radius 3 is 2.71 bits per heavy atom. The van der Waals surface area contributed by atoms with Crippen molar-refractivity contribution in [3.63, 3.8) is 0 Å². The number of fused-ring (bicyclic) bond motifs is 3. The van der Waals surface area contributed by atoms with Gasteiger partial charge in [0.05, 0.1) is 0 Å². The predicted octanol–water partition coefficient (Wildman–Crippen LogP) is 6.65. The van der Waals surface area contributed by atoms with Gasteiger partial charge < -0.3 is 5.32 Å². The summed E-state index contributed by atoms with van der Waals surface area (Å²) in [5.41, 5.74) is 6.04. The zero-order valence-corrected chi connectivity index (χ0v) is 16.3. The van der Waals surface area contributed by atoms with Gasteiger partial charge in [0.25, 0.3) is 0 Å². The molecule has 1 aliphatic carbocycles. The molecule has 1 heteroatoms. The Hall–Kier alpha value is -1.24. The van der Waals surface area contributed by atoms with Crippen LogP contribution in [0.5, 0.6) is 0 Å². The molecule has 1 fully saturated rings. The van der Waals surface area contributed by atoms with Crippen molar-refractivity contribution in [2.24, 2.45) is 11.8 Å². The molecule has 0 radical (unpaired) electrons. The molecule has 1 saturated carbocycles. The Balaban J connectivity index is 1.93. The van der Waals surface area contributed by atoms with Crippen molar-refractivity contribution in [3.05, 3.63) is 41.5 Å². The van der Waals surface area contributed by atoms with Gasteiger partial charge in [-0.1, -0.05) is 64.8 Å². The number of hydrogen-bond acceptors (Lipinski definition) is 1. The molecule has 1 nitrogen and oxygen atoms in total. The molecule has 4 unspecified atom stereocenters. The maximum atomic E-state index is 4.30. The standard InChI is InChI=1S/C23H35N/c1-7-8-13-23(5,6)17-10-12-19-20(14-17)24-22-16(4)9-11-18(15(2)3)21(19)22/h10,12,14,16,18,21-22,24H,2,7-9,11,13H2,1,3-6H3. The van der Waals surface area contributed by atoms with Crippen LogP contribution < -0.4 is 5.32 Å². The van der Waals surface area contributed by atoms with Gasteiger partial charge in [-0.25, -0.2) is 0 Å². The Morgan fingerprint density at radius 1 is 1.29 bits per heavy atom. The smallest absolute Gasteiger partial charge is 0.0382 e. The zero-order chi connectivity index (χ0) is 17.5. The first-order chi connectivity index (χ1) is 11.3.